The van der Waals surface area contributed by atoms with Crippen molar-refractivity contribution in [2.75, 3.05) is 37.4 Å². The molecule has 1 aromatic carbocycles. The third-order valence-corrected chi connectivity index (χ3v) is 5.26. The summed E-state index contributed by atoms with van der Waals surface area (Å²) in [4.78, 5) is 25.6. The van der Waals surface area contributed by atoms with Gasteiger partial charge in [-0.05, 0) is 36.4 Å². The number of ether oxygens (including phenoxy) is 1. The molecule has 0 fully saturated rings. The molecule has 0 spiro atoms. The number of anilines is 3. The number of aromatic nitrogens is 3. The average Bonchev–Trinajstić information content (AvgIpc) is 3.08. The lowest BCUT2D eigenvalue weighted by molar-refractivity contribution is 0.0937. The number of nitrogens with one attached hydrogen (secondary N) is 3. The Labute approximate surface area is 181 Å². The smallest absolute Gasteiger partial charge is 0.251 e. The van der Waals surface area contributed by atoms with E-state index in [1.807, 2.05) is 24.4 Å². The van der Waals surface area contributed by atoms with Crippen LogP contribution in [0.5, 0.6) is 0 Å². The van der Waals surface area contributed by atoms with Crippen LogP contribution >= 0.6 is 0 Å². The van der Waals surface area contributed by atoms with Crippen molar-refractivity contribution in [3.05, 3.63) is 59.9 Å². The third kappa shape index (κ3) is 4.64. The number of amides is 1. The Morgan fingerprint density at radius 1 is 1.19 bits per heavy atom. The second kappa shape index (κ2) is 8.69. The van der Waals surface area contributed by atoms with E-state index in [0.29, 0.717) is 24.7 Å². The van der Waals surface area contributed by atoms with E-state index >= 15 is 0 Å². The zero-order valence-electron chi connectivity index (χ0n) is 17.9. The summed E-state index contributed by atoms with van der Waals surface area (Å²) in [7, 11) is 1.60. The Balaban J connectivity index is 1.48. The molecule has 2 aromatic heterocycles. The molecule has 0 saturated heterocycles. The number of benzene rings is 1. The molecule has 3 aromatic rings. The summed E-state index contributed by atoms with van der Waals surface area (Å²) < 4.78 is 4.94. The predicted molar refractivity (Wildman–Crippen MR) is 121 cm³/mol. The van der Waals surface area contributed by atoms with Crippen molar-refractivity contribution in [1.29, 1.82) is 0 Å². The molecule has 3 heterocycles. The van der Waals surface area contributed by atoms with E-state index in [4.69, 9.17) is 4.74 Å². The van der Waals surface area contributed by atoms with Gasteiger partial charge in [0.05, 0.1) is 12.3 Å². The first kappa shape index (κ1) is 20.7. The van der Waals surface area contributed by atoms with Crippen LogP contribution in [0, 0.1) is 0 Å². The summed E-state index contributed by atoms with van der Waals surface area (Å²) in [5, 5.41) is 9.34. The number of carbonyl (C=O) groups excluding carboxylic acids is 1. The van der Waals surface area contributed by atoms with E-state index in [2.05, 4.69) is 50.8 Å². The molecule has 0 saturated carbocycles. The van der Waals surface area contributed by atoms with E-state index < -0.39 is 0 Å². The lowest BCUT2D eigenvalue weighted by Gasteiger charge is -2.17. The Hall–Kier alpha value is -3.52. The maximum absolute atomic E-state index is 12.1. The van der Waals surface area contributed by atoms with Gasteiger partial charge in [-0.1, -0.05) is 13.8 Å². The zero-order chi connectivity index (χ0) is 21.8. The van der Waals surface area contributed by atoms with Crippen molar-refractivity contribution in [2.45, 2.75) is 19.3 Å². The van der Waals surface area contributed by atoms with Gasteiger partial charge in [-0.25, -0.2) is 15.0 Å². The minimum absolute atomic E-state index is 0.0318. The Morgan fingerprint density at radius 2 is 2.00 bits per heavy atom. The van der Waals surface area contributed by atoms with Crippen LogP contribution < -0.4 is 16.0 Å². The van der Waals surface area contributed by atoms with Crippen LogP contribution in [0.25, 0.3) is 11.3 Å². The number of nitrogens with zero attached hydrogens (tertiary/aromatic N) is 3. The molecule has 1 aliphatic heterocycles. The third-order valence-electron chi connectivity index (χ3n) is 5.26. The lowest BCUT2D eigenvalue weighted by atomic mass is 9.87. The van der Waals surface area contributed by atoms with Gasteiger partial charge in [-0.3, -0.25) is 4.79 Å². The number of rotatable bonds is 7. The minimum Gasteiger partial charge on any atom is -0.383 e. The van der Waals surface area contributed by atoms with Crippen molar-refractivity contribution in [1.82, 2.24) is 20.3 Å². The normalized spacial score (nSPS) is 13.9. The molecule has 1 aliphatic rings. The van der Waals surface area contributed by atoms with Gasteiger partial charge in [-0.2, -0.15) is 0 Å². The number of fused-ring (bicyclic) bond motifs is 1. The zero-order valence-corrected chi connectivity index (χ0v) is 17.9. The first-order valence-corrected chi connectivity index (χ1v) is 10.2. The first-order valence-electron chi connectivity index (χ1n) is 10.2. The highest BCUT2D eigenvalue weighted by Crippen LogP contribution is 2.36. The van der Waals surface area contributed by atoms with Crippen LogP contribution in [0.15, 0.2) is 48.8 Å². The highest BCUT2D eigenvalue weighted by Gasteiger charge is 2.31. The van der Waals surface area contributed by atoms with Gasteiger partial charge in [0.1, 0.15) is 5.82 Å². The molecule has 4 rings (SSSR count). The van der Waals surface area contributed by atoms with Crippen molar-refractivity contribution in [2.24, 2.45) is 0 Å². The number of hydrogen-bond acceptors (Lipinski definition) is 7. The van der Waals surface area contributed by atoms with E-state index in [0.717, 1.165) is 29.3 Å². The fraction of sp³-hybridized carbons (Fsp3) is 0.304. The molecule has 3 N–H and O–H groups in total. The Bertz CT molecular complexity index is 1080. The second-order valence-electron chi connectivity index (χ2n) is 8.07. The van der Waals surface area contributed by atoms with Gasteiger partial charge in [0.15, 0.2) is 0 Å². The lowest BCUT2D eigenvalue weighted by Crippen LogP contribution is -2.26. The summed E-state index contributed by atoms with van der Waals surface area (Å²) in [6.07, 6.45) is 3.55. The average molecular weight is 419 g/mol. The fourth-order valence-corrected chi connectivity index (χ4v) is 3.44. The molecule has 1 amide bonds. The monoisotopic (exact) mass is 418 g/mol. The maximum atomic E-state index is 12.1. The molecule has 0 bridgehead atoms. The first-order chi connectivity index (χ1) is 15.0. The fourth-order valence-electron chi connectivity index (χ4n) is 3.44. The Kier molecular flexibility index (Phi) is 5.81. The van der Waals surface area contributed by atoms with E-state index in [-0.39, 0.29) is 11.3 Å². The molecule has 31 heavy (non-hydrogen) atoms. The van der Waals surface area contributed by atoms with Crippen molar-refractivity contribution in [3.63, 3.8) is 0 Å². The van der Waals surface area contributed by atoms with Crippen molar-refractivity contribution < 1.29 is 9.53 Å². The van der Waals surface area contributed by atoms with Gasteiger partial charge < -0.3 is 20.7 Å². The number of hydrogen-bond donors (Lipinski definition) is 3. The number of methoxy groups -OCH3 is 1. The summed E-state index contributed by atoms with van der Waals surface area (Å²) >= 11 is 0. The maximum Gasteiger partial charge on any atom is 0.251 e. The molecule has 0 atom stereocenters. The van der Waals surface area contributed by atoms with Crippen LogP contribution in [0.3, 0.4) is 0 Å². The molecule has 160 valence electrons. The summed E-state index contributed by atoms with van der Waals surface area (Å²) in [5.74, 6) is 1.28. The highest BCUT2D eigenvalue weighted by molar-refractivity contribution is 5.94. The van der Waals surface area contributed by atoms with E-state index in [9.17, 15) is 4.79 Å². The van der Waals surface area contributed by atoms with E-state index in [1.165, 1.54) is 5.56 Å². The second-order valence-corrected chi connectivity index (χ2v) is 8.07. The quantitative estimate of drug-likeness (QED) is 0.506. The molecule has 0 radical (unpaired) electrons. The SMILES string of the molecule is COCCNC(=O)c1ccc(Nc2nccc(-c3cnc4c(c3)C(C)(C)CN4)n2)cc1. The summed E-state index contributed by atoms with van der Waals surface area (Å²) in [5.41, 5.74) is 4.34. The van der Waals surface area contributed by atoms with Crippen LogP contribution in [-0.2, 0) is 10.2 Å². The van der Waals surface area contributed by atoms with Gasteiger partial charge in [-0.15, -0.1) is 0 Å². The number of pyridine rings is 1. The van der Waals surface area contributed by atoms with Crippen LogP contribution in [0.2, 0.25) is 0 Å². The molecule has 8 heteroatoms. The van der Waals surface area contributed by atoms with Crippen LogP contribution in [0.1, 0.15) is 29.8 Å². The van der Waals surface area contributed by atoms with Gasteiger partial charge in [0.25, 0.3) is 5.91 Å². The van der Waals surface area contributed by atoms with Crippen LogP contribution in [-0.4, -0.2) is 47.7 Å². The highest BCUT2D eigenvalue weighted by atomic mass is 16.5. The Morgan fingerprint density at radius 3 is 2.77 bits per heavy atom. The van der Waals surface area contributed by atoms with Crippen molar-refractivity contribution >= 4 is 23.4 Å². The predicted octanol–water partition coefficient (Wildman–Crippen LogP) is 3.36. The van der Waals surface area contributed by atoms with Gasteiger partial charge in [0, 0.05) is 60.4 Å². The standard InChI is InChI=1S/C23H26N6O2/c1-23(2)14-27-20-18(23)12-16(13-26-20)19-8-9-25-22(29-19)28-17-6-4-15(5-7-17)21(30)24-10-11-31-3/h4-9,12-13H,10-11,14H2,1-3H3,(H,24,30)(H,26,27)(H,25,28,29). The minimum atomic E-state index is -0.136. The van der Waals surface area contributed by atoms with Gasteiger partial charge in [0.2, 0.25) is 5.95 Å². The molecular weight excluding hydrogens is 392 g/mol. The molecular formula is C23H26N6O2. The largest absolute Gasteiger partial charge is 0.383 e. The summed E-state index contributed by atoms with van der Waals surface area (Å²) in [6.45, 7) is 6.22. The summed E-state index contributed by atoms with van der Waals surface area (Å²) in [6, 6.07) is 11.2. The topological polar surface area (TPSA) is 101 Å². The van der Waals surface area contributed by atoms with Gasteiger partial charge >= 0.3 is 0 Å². The molecule has 8 nitrogen and oxygen atoms in total. The molecule has 0 aliphatic carbocycles. The molecule has 0 unspecified atom stereocenters. The van der Waals surface area contributed by atoms with Crippen molar-refractivity contribution in [3.8, 4) is 11.3 Å². The van der Waals surface area contributed by atoms with E-state index in [1.54, 1.807) is 25.4 Å². The number of carbonyl (C=O) groups is 1. The van der Waals surface area contributed by atoms with Crippen LogP contribution in [0.4, 0.5) is 17.5 Å².